The number of rotatable bonds is 11. The molecule has 0 aliphatic rings. The van der Waals surface area contributed by atoms with Crippen LogP contribution in [0.25, 0.3) is 6.08 Å². The maximum Gasteiger partial charge on any atom is 0.166 e. The van der Waals surface area contributed by atoms with E-state index < -0.39 is 0 Å². The molecule has 0 aliphatic carbocycles. The molecule has 2 atom stereocenters. The van der Waals surface area contributed by atoms with Gasteiger partial charge in [0.15, 0.2) is 5.78 Å². The second-order valence-electron chi connectivity index (χ2n) is 8.09. The number of benzene rings is 3. The molecule has 0 fully saturated rings. The minimum absolute atomic E-state index is 0.000143. The van der Waals surface area contributed by atoms with Crippen molar-refractivity contribution in [3.63, 3.8) is 0 Å². The zero-order chi connectivity index (χ0) is 22.8. The van der Waals surface area contributed by atoms with Crippen LogP contribution in [0.3, 0.4) is 0 Å². The van der Waals surface area contributed by atoms with Crippen LogP contribution in [-0.4, -0.2) is 12.4 Å². The minimum atomic E-state index is -0.190. The first-order chi connectivity index (χ1) is 15.6. The molecule has 0 aromatic heterocycles. The number of ketones is 1. The van der Waals surface area contributed by atoms with E-state index in [1.54, 1.807) is 0 Å². The summed E-state index contributed by atoms with van der Waals surface area (Å²) in [5.41, 5.74) is 4.26. The van der Waals surface area contributed by atoms with Gasteiger partial charge in [0.25, 0.3) is 0 Å². The lowest BCUT2D eigenvalue weighted by atomic mass is 9.80. The average Bonchev–Trinajstić information content (AvgIpc) is 2.85. The van der Waals surface area contributed by atoms with Gasteiger partial charge in [0.1, 0.15) is 6.61 Å². The van der Waals surface area contributed by atoms with Crippen LogP contribution in [0.2, 0.25) is 0 Å². The summed E-state index contributed by atoms with van der Waals surface area (Å²) in [6.07, 6.45) is 5.59. The number of allylic oxidation sites excluding steroid dienone is 1. The van der Waals surface area contributed by atoms with Crippen LogP contribution >= 0.6 is 0 Å². The standard InChI is InChI=1S/C30H32O2/c1-4-25-17-19-28(20-18-25)30(31)24(3)29(27-15-9-6-10-16-27)22-23(2)32-21-11-14-26-12-7-5-8-13-26/h5-20,24,29H,2,4,21-22H2,1,3H3/b14-11+. The lowest BCUT2D eigenvalue weighted by Crippen LogP contribution is -2.21. The molecule has 0 heterocycles. The van der Waals surface area contributed by atoms with Crippen LogP contribution in [0.15, 0.2) is 103 Å². The smallest absolute Gasteiger partial charge is 0.166 e. The maximum absolute atomic E-state index is 13.3. The number of aryl methyl sites for hydroxylation is 1. The highest BCUT2D eigenvalue weighted by molar-refractivity contribution is 5.98. The number of carbonyl (C=O) groups excluding carboxylic acids is 1. The zero-order valence-electron chi connectivity index (χ0n) is 19.0. The first-order valence-corrected chi connectivity index (χ1v) is 11.3. The lowest BCUT2D eigenvalue weighted by molar-refractivity contribution is 0.0906. The SMILES string of the molecule is C=C(CC(c1ccccc1)C(C)C(=O)c1ccc(CC)cc1)OC/C=C/c1ccccc1. The van der Waals surface area contributed by atoms with E-state index in [2.05, 4.69) is 37.8 Å². The number of hydrogen-bond donors (Lipinski definition) is 0. The van der Waals surface area contributed by atoms with Gasteiger partial charge in [0.2, 0.25) is 0 Å². The molecule has 32 heavy (non-hydrogen) atoms. The molecule has 2 heteroatoms. The second-order valence-corrected chi connectivity index (χ2v) is 8.09. The Hall–Kier alpha value is -3.39. The van der Waals surface area contributed by atoms with Crippen molar-refractivity contribution in [1.82, 2.24) is 0 Å². The molecule has 2 nitrogen and oxygen atoms in total. The molecule has 0 amide bonds. The highest BCUT2D eigenvalue weighted by Gasteiger charge is 2.27. The third-order valence-corrected chi connectivity index (χ3v) is 5.83. The molecule has 164 valence electrons. The van der Waals surface area contributed by atoms with Crippen LogP contribution < -0.4 is 0 Å². The van der Waals surface area contributed by atoms with Gasteiger partial charge >= 0.3 is 0 Å². The van der Waals surface area contributed by atoms with E-state index in [1.807, 2.05) is 79.7 Å². The van der Waals surface area contributed by atoms with Crippen LogP contribution in [-0.2, 0) is 11.2 Å². The van der Waals surface area contributed by atoms with Gasteiger partial charge in [-0.05, 0) is 29.2 Å². The highest BCUT2D eigenvalue weighted by Crippen LogP contribution is 2.33. The van der Waals surface area contributed by atoms with Gasteiger partial charge in [-0.3, -0.25) is 4.79 Å². The maximum atomic E-state index is 13.3. The van der Waals surface area contributed by atoms with Crippen molar-refractivity contribution in [2.75, 3.05) is 6.61 Å². The largest absolute Gasteiger partial charge is 0.494 e. The van der Waals surface area contributed by atoms with Crippen LogP contribution in [0, 0.1) is 5.92 Å². The Morgan fingerprint density at radius 1 is 0.938 bits per heavy atom. The fraction of sp³-hybridized carbons (Fsp3) is 0.233. The molecule has 0 bridgehead atoms. The lowest BCUT2D eigenvalue weighted by Gasteiger charge is -2.24. The average molecular weight is 425 g/mol. The molecule has 3 aromatic rings. The van der Waals surface area contributed by atoms with Crippen molar-refractivity contribution in [2.24, 2.45) is 5.92 Å². The summed E-state index contributed by atoms with van der Waals surface area (Å²) in [6, 6.07) is 28.3. The molecule has 0 saturated carbocycles. The first-order valence-electron chi connectivity index (χ1n) is 11.3. The third kappa shape index (κ3) is 6.55. The molecule has 3 aromatic carbocycles. The summed E-state index contributed by atoms with van der Waals surface area (Å²) in [4.78, 5) is 13.3. The summed E-state index contributed by atoms with van der Waals surface area (Å²) in [5, 5.41) is 0. The Morgan fingerprint density at radius 2 is 1.56 bits per heavy atom. The fourth-order valence-electron chi connectivity index (χ4n) is 3.85. The summed E-state index contributed by atoms with van der Waals surface area (Å²) in [6.45, 7) is 8.72. The van der Waals surface area contributed by atoms with E-state index in [1.165, 1.54) is 5.56 Å². The Bertz CT molecular complexity index is 1020. The minimum Gasteiger partial charge on any atom is -0.494 e. The topological polar surface area (TPSA) is 26.3 Å². The normalized spacial score (nSPS) is 12.9. The van der Waals surface area contributed by atoms with E-state index in [-0.39, 0.29) is 17.6 Å². The van der Waals surface area contributed by atoms with E-state index in [9.17, 15) is 4.79 Å². The van der Waals surface area contributed by atoms with Crippen molar-refractivity contribution >= 4 is 11.9 Å². The van der Waals surface area contributed by atoms with E-state index in [0.29, 0.717) is 18.8 Å². The second kappa shape index (κ2) is 11.9. The molecule has 2 unspecified atom stereocenters. The Balaban J connectivity index is 1.67. The molecule has 0 spiro atoms. The van der Waals surface area contributed by atoms with Gasteiger partial charge in [-0.1, -0.05) is 111 Å². The Kier molecular flexibility index (Phi) is 8.62. The number of carbonyl (C=O) groups is 1. The van der Waals surface area contributed by atoms with Crippen molar-refractivity contribution in [1.29, 1.82) is 0 Å². The van der Waals surface area contributed by atoms with Crippen molar-refractivity contribution in [3.8, 4) is 0 Å². The quantitative estimate of drug-likeness (QED) is 0.235. The Morgan fingerprint density at radius 3 is 2.19 bits per heavy atom. The van der Waals surface area contributed by atoms with Crippen LogP contribution in [0.4, 0.5) is 0 Å². The van der Waals surface area contributed by atoms with Gasteiger partial charge in [0, 0.05) is 23.8 Å². The first kappa shape index (κ1) is 23.3. The molecular weight excluding hydrogens is 392 g/mol. The summed E-state index contributed by atoms with van der Waals surface area (Å²) < 4.78 is 5.89. The Labute approximate surface area is 192 Å². The summed E-state index contributed by atoms with van der Waals surface area (Å²) >= 11 is 0. The van der Waals surface area contributed by atoms with Crippen molar-refractivity contribution in [2.45, 2.75) is 32.6 Å². The summed E-state index contributed by atoms with van der Waals surface area (Å²) in [7, 11) is 0. The van der Waals surface area contributed by atoms with Crippen LogP contribution in [0.1, 0.15) is 53.2 Å². The van der Waals surface area contributed by atoms with Crippen molar-refractivity contribution < 1.29 is 9.53 Å². The molecule has 3 rings (SSSR count). The van der Waals surface area contributed by atoms with Gasteiger partial charge in [-0.15, -0.1) is 0 Å². The van der Waals surface area contributed by atoms with Gasteiger partial charge in [0.05, 0.1) is 5.76 Å². The van der Waals surface area contributed by atoms with E-state index in [4.69, 9.17) is 4.74 Å². The third-order valence-electron chi connectivity index (χ3n) is 5.83. The van der Waals surface area contributed by atoms with Gasteiger partial charge in [-0.2, -0.15) is 0 Å². The molecule has 0 saturated heterocycles. The number of Topliss-reactive ketones (excluding diaryl/α,β-unsaturated/α-hetero) is 1. The predicted molar refractivity (Wildman–Crippen MR) is 134 cm³/mol. The zero-order valence-corrected chi connectivity index (χ0v) is 19.0. The number of hydrogen-bond acceptors (Lipinski definition) is 2. The van der Waals surface area contributed by atoms with Gasteiger partial charge < -0.3 is 4.74 Å². The molecule has 0 aliphatic heterocycles. The van der Waals surface area contributed by atoms with E-state index >= 15 is 0 Å². The summed E-state index contributed by atoms with van der Waals surface area (Å²) in [5.74, 6) is 0.654. The molecule has 0 N–H and O–H groups in total. The highest BCUT2D eigenvalue weighted by atomic mass is 16.5. The number of ether oxygens (including phenoxy) is 1. The fourth-order valence-corrected chi connectivity index (χ4v) is 3.85. The molecular formula is C30H32O2. The van der Waals surface area contributed by atoms with Crippen LogP contribution in [0.5, 0.6) is 0 Å². The van der Waals surface area contributed by atoms with Crippen molar-refractivity contribution in [3.05, 3.63) is 126 Å². The predicted octanol–water partition coefficient (Wildman–Crippen LogP) is 7.49. The van der Waals surface area contributed by atoms with Gasteiger partial charge in [-0.25, -0.2) is 0 Å². The molecule has 0 radical (unpaired) electrons. The van der Waals surface area contributed by atoms with E-state index in [0.717, 1.165) is 23.1 Å². The monoisotopic (exact) mass is 424 g/mol.